The van der Waals surface area contributed by atoms with Gasteiger partial charge in [-0.05, 0) is 66.3 Å². The predicted molar refractivity (Wildman–Crippen MR) is 198 cm³/mol. The van der Waals surface area contributed by atoms with Crippen LogP contribution in [0, 0.1) is 5.82 Å². The molecule has 1 saturated heterocycles. The van der Waals surface area contributed by atoms with Gasteiger partial charge in [0.1, 0.15) is 23.2 Å². The molecule has 1 aliphatic heterocycles. The van der Waals surface area contributed by atoms with E-state index in [0.717, 1.165) is 17.2 Å². The first-order valence-corrected chi connectivity index (χ1v) is 18.2. The monoisotopic (exact) mass is 784 g/mol. The number of ether oxygens (including phenoxy) is 3. The fourth-order valence-corrected chi connectivity index (χ4v) is 7.56. The third-order valence-electron chi connectivity index (χ3n) is 9.95. The molecule has 2 aliphatic rings. The average molecular weight is 785 g/mol. The SMILES string of the molecule is CCN(CC(=O)O)Cc1cc(C(F)(F)F)c(O[C@H]2CCc3c(-c4cccc(-c5cc(F)c(CNC[C@@H]6CCC(=O)N6)c(OC)c5)c4Cl)cccc32)nc1OC. The van der Waals surface area contributed by atoms with E-state index in [2.05, 4.69) is 15.6 Å². The average Bonchev–Trinajstić information content (AvgIpc) is 3.76. The van der Waals surface area contributed by atoms with E-state index in [-0.39, 0.29) is 49.6 Å². The number of nitrogens with zero attached hydrogens (tertiary/aromatic N) is 2. The molecule has 4 aromatic rings. The molecule has 0 spiro atoms. The van der Waals surface area contributed by atoms with Crippen molar-refractivity contribution in [3.63, 3.8) is 0 Å². The first-order chi connectivity index (χ1) is 26.3. The lowest BCUT2D eigenvalue weighted by Gasteiger charge is -2.23. The zero-order valence-electron chi connectivity index (χ0n) is 30.5. The molecule has 3 N–H and O–H groups in total. The maximum atomic E-state index is 15.6. The van der Waals surface area contributed by atoms with E-state index >= 15 is 4.39 Å². The fraction of sp³-hybridized carbons (Fsp3) is 0.375. The van der Waals surface area contributed by atoms with Gasteiger partial charge in [-0.3, -0.25) is 14.5 Å². The van der Waals surface area contributed by atoms with Crippen molar-refractivity contribution in [3.05, 3.63) is 93.3 Å². The normalized spacial score (nSPS) is 16.6. The number of hydrogen-bond acceptors (Lipinski definition) is 8. The molecule has 55 heavy (non-hydrogen) atoms. The molecule has 0 radical (unpaired) electrons. The van der Waals surface area contributed by atoms with Crippen molar-refractivity contribution < 1.29 is 46.5 Å². The van der Waals surface area contributed by atoms with Crippen molar-refractivity contribution in [2.75, 3.05) is 33.9 Å². The summed E-state index contributed by atoms with van der Waals surface area (Å²) in [4.78, 5) is 28.4. The number of benzene rings is 3. The molecule has 1 aromatic heterocycles. The van der Waals surface area contributed by atoms with Crippen molar-refractivity contribution in [1.29, 1.82) is 0 Å². The smallest absolute Gasteiger partial charge is 0.421 e. The van der Waals surface area contributed by atoms with Crippen molar-refractivity contribution in [2.45, 2.75) is 64.0 Å². The van der Waals surface area contributed by atoms with E-state index < -0.39 is 35.5 Å². The molecule has 1 fully saturated rings. The van der Waals surface area contributed by atoms with Gasteiger partial charge >= 0.3 is 12.1 Å². The Kier molecular flexibility index (Phi) is 12.2. The van der Waals surface area contributed by atoms with Crippen molar-refractivity contribution in [1.82, 2.24) is 20.5 Å². The number of hydrogen-bond donors (Lipinski definition) is 3. The molecule has 1 amide bonds. The van der Waals surface area contributed by atoms with Gasteiger partial charge < -0.3 is 30.0 Å². The Morgan fingerprint density at radius 3 is 2.45 bits per heavy atom. The number of aliphatic carboxylic acids is 1. The largest absolute Gasteiger partial charge is 0.496 e. The molecule has 2 heterocycles. The highest BCUT2D eigenvalue weighted by molar-refractivity contribution is 6.36. The minimum atomic E-state index is -4.82. The van der Waals surface area contributed by atoms with E-state index in [1.165, 1.54) is 25.2 Å². The molecule has 0 saturated carbocycles. The summed E-state index contributed by atoms with van der Waals surface area (Å²) >= 11 is 7.07. The maximum absolute atomic E-state index is 15.6. The molecule has 15 heteroatoms. The summed E-state index contributed by atoms with van der Waals surface area (Å²) in [6, 6.07) is 14.9. The first kappa shape index (κ1) is 39.8. The maximum Gasteiger partial charge on any atom is 0.421 e. The number of likely N-dealkylation sites (N-methyl/N-ethyl adjacent to an activating group) is 1. The van der Waals surface area contributed by atoms with Crippen LogP contribution >= 0.6 is 11.6 Å². The lowest BCUT2D eigenvalue weighted by molar-refractivity contribution is -0.140. The molecular weight excluding hydrogens is 744 g/mol. The Morgan fingerprint density at radius 1 is 1.04 bits per heavy atom. The molecule has 0 unspecified atom stereocenters. The van der Waals surface area contributed by atoms with Gasteiger partial charge in [0.25, 0.3) is 0 Å². The summed E-state index contributed by atoms with van der Waals surface area (Å²) in [6.45, 7) is 2.17. The highest BCUT2D eigenvalue weighted by Gasteiger charge is 2.39. The van der Waals surface area contributed by atoms with Crippen LogP contribution in [-0.2, 0) is 35.3 Å². The number of methoxy groups -OCH3 is 2. The number of aromatic nitrogens is 1. The summed E-state index contributed by atoms with van der Waals surface area (Å²) in [5, 5.41) is 15.7. The van der Waals surface area contributed by atoms with Gasteiger partial charge in [0, 0.05) is 54.4 Å². The van der Waals surface area contributed by atoms with E-state index in [4.69, 9.17) is 25.8 Å². The van der Waals surface area contributed by atoms with Crippen molar-refractivity contribution >= 4 is 23.5 Å². The van der Waals surface area contributed by atoms with Gasteiger partial charge in [0.05, 0.1) is 25.8 Å². The lowest BCUT2D eigenvalue weighted by Crippen LogP contribution is -2.35. The number of alkyl halides is 3. The highest BCUT2D eigenvalue weighted by Crippen LogP contribution is 2.46. The Balaban J connectivity index is 1.27. The van der Waals surface area contributed by atoms with Gasteiger partial charge in [-0.2, -0.15) is 18.2 Å². The fourth-order valence-electron chi connectivity index (χ4n) is 7.23. The first-order valence-electron chi connectivity index (χ1n) is 17.8. The number of amides is 1. The summed E-state index contributed by atoms with van der Waals surface area (Å²) < 4.78 is 76.0. The lowest BCUT2D eigenvalue weighted by atomic mass is 9.93. The van der Waals surface area contributed by atoms with Gasteiger partial charge in [0.15, 0.2) is 0 Å². The van der Waals surface area contributed by atoms with Crippen molar-refractivity contribution in [3.8, 4) is 39.8 Å². The number of pyridine rings is 1. The van der Waals surface area contributed by atoms with Crippen LogP contribution in [0.3, 0.4) is 0 Å². The zero-order valence-corrected chi connectivity index (χ0v) is 31.2. The summed E-state index contributed by atoms with van der Waals surface area (Å²) in [6.07, 6.45) is -3.57. The number of carbonyl (C=O) groups is 2. The third-order valence-corrected chi connectivity index (χ3v) is 10.4. The Morgan fingerprint density at radius 2 is 1.78 bits per heavy atom. The number of fused-ring (bicyclic) bond motifs is 1. The number of rotatable bonds is 15. The molecule has 2 atom stereocenters. The molecule has 10 nitrogen and oxygen atoms in total. The second-order valence-electron chi connectivity index (χ2n) is 13.5. The van der Waals surface area contributed by atoms with E-state index in [0.29, 0.717) is 70.8 Å². The Bertz CT molecular complexity index is 2080. The topological polar surface area (TPSA) is 122 Å². The minimum Gasteiger partial charge on any atom is -0.496 e. The van der Waals surface area contributed by atoms with Crippen LogP contribution in [0.2, 0.25) is 5.02 Å². The molecule has 292 valence electrons. The third kappa shape index (κ3) is 8.82. The highest BCUT2D eigenvalue weighted by atomic mass is 35.5. The molecule has 3 aromatic carbocycles. The van der Waals surface area contributed by atoms with Crippen LogP contribution in [0.15, 0.2) is 54.6 Å². The van der Waals surface area contributed by atoms with Gasteiger partial charge in [-0.15, -0.1) is 0 Å². The minimum absolute atomic E-state index is 0.00358. The predicted octanol–water partition coefficient (Wildman–Crippen LogP) is 7.59. The Labute approximate surface area is 320 Å². The summed E-state index contributed by atoms with van der Waals surface area (Å²) in [5.41, 5.74) is 3.32. The van der Waals surface area contributed by atoms with Crippen LogP contribution in [0.1, 0.15) is 60.1 Å². The van der Waals surface area contributed by atoms with Crippen LogP contribution < -0.4 is 24.8 Å². The van der Waals surface area contributed by atoms with E-state index in [9.17, 15) is 27.9 Å². The van der Waals surface area contributed by atoms with Crippen LogP contribution in [0.5, 0.6) is 17.5 Å². The van der Waals surface area contributed by atoms with E-state index in [1.807, 2.05) is 12.1 Å². The van der Waals surface area contributed by atoms with E-state index in [1.54, 1.807) is 37.3 Å². The van der Waals surface area contributed by atoms with Gasteiger partial charge in [-0.25, -0.2) is 4.39 Å². The number of carbonyl (C=O) groups excluding carboxylic acids is 1. The zero-order chi connectivity index (χ0) is 39.4. The number of carboxylic acid groups (broad SMARTS) is 1. The van der Waals surface area contributed by atoms with Crippen LogP contribution in [-0.4, -0.2) is 66.8 Å². The quantitative estimate of drug-likeness (QED) is 0.105. The second kappa shape index (κ2) is 16.8. The second-order valence-corrected chi connectivity index (χ2v) is 13.8. The molecule has 1 aliphatic carbocycles. The molecule has 0 bridgehead atoms. The summed E-state index contributed by atoms with van der Waals surface area (Å²) in [7, 11) is 2.74. The Hall–Kier alpha value is -4.92. The van der Waals surface area contributed by atoms with Crippen LogP contribution in [0.25, 0.3) is 22.3 Å². The number of nitrogens with one attached hydrogen (secondary N) is 2. The van der Waals surface area contributed by atoms with Gasteiger partial charge in [-0.1, -0.05) is 54.9 Å². The standard InChI is InChI=1S/C40H41ClF4N4O6/c1-4-49(21-36(51)52)20-23-15-31(40(43,44)45)39(48-38(23)54-3)55-33-13-12-27-26(8-6-9-28(27)33)29-10-5-7-25(37(29)41)22-16-32(42)30(34(17-22)53-2)19-46-18-24-11-14-35(50)47-24/h5-10,15-17,24,33,46H,4,11-14,18-21H2,1-3H3,(H,47,50)(H,51,52)/t24-,33-/m0/s1. The number of carboxylic acids is 1. The molecular formula is C40H41ClF4N4O6. The van der Waals surface area contributed by atoms with Crippen molar-refractivity contribution in [2.24, 2.45) is 0 Å². The van der Waals surface area contributed by atoms with Gasteiger partial charge in [0.2, 0.25) is 17.7 Å². The summed E-state index contributed by atoms with van der Waals surface area (Å²) in [5.74, 6) is -2.00. The number of halogens is 5. The molecule has 6 rings (SSSR count). The van der Waals surface area contributed by atoms with Crippen LogP contribution in [0.4, 0.5) is 17.6 Å².